The average Bonchev–Trinajstić information content (AvgIpc) is 3.19. The van der Waals surface area contributed by atoms with Gasteiger partial charge in [0, 0.05) is 0 Å². The van der Waals surface area contributed by atoms with Crippen LogP contribution in [0, 0.1) is 0 Å². The SMILES string of the molecule is CCCCC[N+](CC)(CC)CC.CCCCC[N+](CC)(CC)CC.CCCCC[N+](CC)(CC)CC.O=S(=O)([O-])c1ccc2c(S(=O)(=O)[O-])cc(S(=O)(=O)[O-])cc2c1. The van der Waals surface area contributed by atoms with Crippen molar-refractivity contribution in [1.29, 1.82) is 0 Å². The minimum absolute atomic E-state index is 0.310. The highest BCUT2D eigenvalue weighted by Crippen LogP contribution is 2.29. The van der Waals surface area contributed by atoms with Crippen LogP contribution in [-0.2, 0) is 30.4 Å². The van der Waals surface area contributed by atoms with Crippen molar-refractivity contribution in [1.82, 2.24) is 0 Å². The Labute approximate surface area is 356 Å². The summed E-state index contributed by atoms with van der Waals surface area (Å²) in [4.78, 5) is -2.81. The van der Waals surface area contributed by atoms with E-state index in [0.29, 0.717) is 18.2 Å². The van der Waals surface area contributed by atoms with Gasteiger partial charge in [-0.1, -0.05) is 46.1 Å². The molecule has 0 saturated carbocycles. The van der Waals surface area contributed by atoms with Gasteiger partial charge in [0.1, 0.15) is 30.4 Å². The third-order valence-electron chi connectivity index (χ3n) is 12.5. The number of hydrogen-bond acceptors (Lipinski definition) is 9. The summed E-state index contributed by atoms with van der Waals surface area (Å²) in [6, 6.07) is 3.39. The minimum Gasteiger partial charge on any atom is -0.744 e. The van der Waals surface area contributed by atoms with Crippen molar-refractivity contribution < 1.29 is 52.4 Å². The molecule has 0 aliphatic rings. The topological polar surface area (TPSA) is 172 Å². The molecule has 0 spiro atoms. The normalized spacial score (nSPS) is 12.5. The fourth-order valence-corrected chi connectivity index (χ4v) is 9.16. The van der Waals surface area contributed by atoms with E-state index >= 15 is 0 Å². The maximum absolute atomic E-state index is 11.2. The van der Waals surface area contributed by atoms with Crippen molar-refractivity contribution in [3.63, 3.8) is 0 Å². The van der Waals surface area contributed by atoms with Crippen LogP contribution in [0.2, 0.25) is 0 Å². The highest BCUT2D eigenvalue weighted by molar-refractivity contribution is 7.86. The van der Waals surface area contributed by atoms with Gasteiger partial charge in [-0.2, -0.15) is 0 Å². The van der Waals surface area contributed by atoms with E-state index in [1.165, 1.54) is 150 Å². The van der Waals surface area contributed by atoms with Crippen LogP contribution >= 0.6 is 0 Å². The summed E-state index contributed by atoms with van der Waals surface area (Å²) in [6.45, 7) is 43.6. The summed E-state index contributed by atoms with van der Waals surface area (Å²) in [5.41, 5.74) is 0. The molecule has 2 aromatic carbocycles. The van der Waals surface area contributed by atoms with Crippen molar-refractivity contribution in [2.45, 2.75) is 156 Å². The third-order valence-corrected chi connectivity index (χ3v) is 15.0. The highest BCUT2D eigenvalue weighted by atomic mass is 32.2. The molecule has 2 aromatic rings. The van der Waals surface area contributed by atoms with Crippen molar-refractivity contribution in [2.24, 2.45) is 0 Å². The zero-order valence-corrected chi connectivity index (χ0v) is 40.9. The molecule has 15 heteroatoms. The lowest BCUT2D eigenvalue weighted by Crippen LogP contribution is -2.48. The lowest BCUT2D eigenvalue weighted by molar-refractivity contribution is -0.923. The molecule has 0 aliphatic heterocycles. The van der Waals surface area contributed by atoms with Crippen molar-refractivity contribution in [3.8, 4) is 0 Å². The van der Waals surface area contributed by atoms with Crippen LogP contribution in [0.15, 0.2) is 45.0 Å². The molecule has 0 N–H and O–H groups in total. The van der Waals surface area contributed by atoms with Gasteiger partial charge in [-0.25, -0.2) is 25.3 Å². The van der Waals surface area contributed by atoms with Crippen LogP contribution in [0.1, 0.15) is 141 Å². The molecule has 0 heterocycles. The largest absolute Gasteiger partial charge is 0.744 e. The molecule has 0 amide bonds. The first-order valence-corrected chi connectivity index (χ1v) is 26.3. The summed E-state index contributed by atoms with van der Waals surface area (Å²) in [5, 5.41) is -0.668. The lowest BCUT2D eigenvalue weighted by atomic mass is 10.1. The number of unbranched alkanes of at least 4 members (excludes halogenated alkanes) is 6. The molecule has 0 radical (unpaired) electrons. The second-order valence-corrected chi connectivity index (χ2v) is 19.4. The average molecular weight is 882 g/mol. The van der Waals surface area contributed by atoms with Crippen molar-refractivity contribution >= 4 is 41.1 Å². The molecule has 0 aliphatic carbocycles. The Morgan fingerprint density at radius 3 is 0.931 bits per heavy atom. The van der Waals surface area contributed by atoms with Gasteiger partial charge in [0.15, 0.2) is 0 Å². The monoisotopic (exact) mass is 882 g/mol. The molecule has 12 nitrogen and oxygen atoms in total. The second kappa shape index (κ2) is 28.8. The van der Waals surface area contributed by atoms with Gasteiger partial charge in [-0.05, 0) is 136 Å². The van der Waals surface area contributed by atoms with Crippen molar-refractivity contribution in [2.75, 3.05) is 78.5 Å². The molecule has 0 bridgehead atoms. The van der Waals surface area contributed by atoms with E-state index < -0.39 is 45.0 Å². The minimum atomic E-state index is -5.14. The molecule has 0 aromatic heterocycles. The predicted molar refractivity (Wildman–Crippen MR) is 237 cm³/mol. The summed E-state index contributed by atoms with van der Waals surface area (Å²) >= 11 is 0. The molecule has 0 saturated heterocycles. The standard InChI is InChI=1S/3C11H26N.C10H8O9S3/c3*1-5-9-10-11-12(6-2,7-3)8-4;11-20(12,13)7-1-2-9-6(3-7)4-8(21(14,15)16)5-10(9)22(17,18)19/h3*5-11H2,1-4H3;1-5H,(H,11,12,13)(H,14,15,16)(H,17,18,19)/q3*+1;/p-3. The molecule has 342 valence electrons. The molecular formula is C43H83N3O9S3. The molecule has 0 unspecified atom stereocenters. The van der Waals surface area contributed by atoms with Gasteiger partial charge >= 0.3 is 0 Å². The predicted octanol–water partition coefficient (Wildman–Crippen LogP) is 8.71. The van der Waals surface area contributed by atoms with Crippen LogP contribution in [-0.4, -0.2) is 131 Å². The Balaban J connectivity index is 0. The summed E-state index contributed by atoms with van der Waals surface area (Å²) < 4.78 is 103. The van der Waals surface area contributed by atoms with Crippen LogP contribution in [0.25, 0.3) is 10.8 Å². The Morgan fingerprint density at radius 2 is 0.690 bits per heavy atom. The van der Waals surface area contributed by atoms with E-state index in [4.69, 9.17) is 0 Å². The van der Waals surface area contributed by atoms with Crippen LogP contribution in [0.3, 0.4) is 0 Å². The first kappa shape index (κ1) is 58.4. The number of benzene rings is 2. The van der Waals surface area contributed by atoms with Gasteiger partial charge in [-0.15, -0.1) is 0 Å². The summed E-state index contributed by atoms with van der Waals surface area (Å²) in [6.07, 6.45) is 12.5. The summed E-state index contributed by atoms with van der Waals surface area (Å²) in [5.74, 6) is 0. The number of rotatable bonds is 24. The first-order chi connectivity index (χ1) is 27.0. The van der Waals surface area contributed by atoms with Crippen LogP contribution < -0.4 is 0 Å². The summed E-state index contributed by atoms with van der Waals surface area (Å²) in [7, 11) is -15.1. The van der Waals surface area contributed by atoms with E-state index in [1.807, 2.05) is 0 Å². The Hall–Kier alpha value is -1.69. The fraction of sp³-hybridized carbons (Fsp3) is 0.767. The molecule has 0 fully saturated rings. The van der Waals surface area contributed by atoms with Crippen LogP contribution in [0.5, 0.6) is 0 Å². The van der Waals surface area contributed by atoms with Gasteiger partial charge in [0.05, 0.1) is 93.2 Å². The zero-order chi connectivity index (χ0) is 45.3. The van der Waals surface area contributed by atoms with E-state index in [0.717, 1.165) is 12.1 Å². The van der Waals surface area contributed by atoms with Gasteiger partial charge < -0.3 is 27.1 Å². The van der Waals surface area contributed by atoms with E-state index in [1.54, 1.807) is 0 Å². The lowest BCUT2D eigenvalue weighted by Gasteiger charge is -2.35. The fourth-order valence-electron chi connectivity index (χ4n) is 7.32. The second-order valence-electron chi connectivity index (χ2n) is 15.3. The molecule has 58 heavy (non-hydrogen) atoms. The number of hydrogen-bond donors (Lipinski definition) is 0. The molecule has 0 atom stereocenters. The highest BCUT2D eigenvalue weighted by Gasteiger charge is 2.21. The maximum atomic E-state index is 11.2. The Bertz CT molecular complexity index is 1650. The van der Waals surface area contributed by atoms with Gasteiger partial charge in [0.2, 0.25) is 0 Å². The van der Waals surface area contributed by atoms with Gasteiger partial charge in [0.25, 0.3) is 0 Å². The number of quaternary nitrogens is 3. The van der Waals surface area contributed by atoms with Gasteiger partial charge in [-0.3, -0.25) is 0 Å². The van der Waals surface area contributed by atoms with E-state index in [9.17, 15) is 38.9 Å². The zero-order valence-electron chi connectivity index (χ0n) is 38.5. The smallest absolute Gasteiger partial charge is 0.125 e. The maximum Gasteiger partial charge on any atom is 0.125 e. The molecular weight excluding hydrogens is 799 g/mol. The Kier molecular flexibility index (Phi) is 29.0. The number of fused-ring (bicyclic) bond motifs is 1. The quantitative estimate of drug-likeness (QED) is 0.0568. The molecule has 2 rings (SSSR count). The van der Waals surface area contributed by atoms with Crippen molar-refractivity contribution in [3.05, 3.63) is 30.3 Å². The van der Waals surface area contributed by atoms with E-state index in [2.05, 4.69) is 83.1 Å². The number of nitrogens with zero attached hydrogens (tertiary/aromatic N) is 3. The van der Waals surface area contributed by atoms with E-state index in [-0.39, 0.29) is 10.8 Å². The first-order valence-electron chi connectivity index (χ1n) is 22.0. The Morgan fingerprint density at radius 1 is 0.397 bits per heavy atom. The third kappa shape index (κ3) is 20.7. The van der Waals surface area contributed by atoms with Crippen LogP contribution in [0.4, 0.5) is 0 Å².